The zero-order chi connectivity index (χ0) is 21.7. The maximum Gasteiger partial charge on any atom is 0.252 e. The number of benzene rings is 1. The number of rotatable bonds is 8. The molecule has 0 saturated carbocycles. The number of pyridine rings is 1. The molecule has 8 nitrogen and oxygen atoms in total. The van der Waals surface area contributed by atoms with E-state index in [0.717, 1.165) is 5.56 Å². The average molecular weight is 409 g/mol. The van der Waals surface area contributed by atoms with Crippen molar-refractivity contribution in [3.63, 3.8) is 0 Å². The Balaban J connectivity index is 1.92. The first-order valence-electron chi connectivity index (χ1n) is 9.89. The minimum absolute atomic E-state index is 0.0202. The van der Waals surface area contributed by atoms with Gasteiger partial charge in [0.05, 0.1) is 18.1 Å². The van der Waals surface area contributed by atoms with Crippen LogP contribution >= 0.6 is 0 Å². The Hall–Kier alpha value is -3.26. The number of hydrogen-bond donors (Lipinski definition) is 3. The fourth-order valence-corrected chi connectivity index (χ4v) is 3.19. The van der Waals surface area contributed by atoms with Crippen LogP contribution in [0.5, 0.6) is 0 Å². The number of nitrogens with zero attached hydrogens (tertiary/aromatic N) is 3. The minimum atomic E-state index is -0.872. The molecule has 0 bridgehead atoms. The first-order valence-corrected chi connectivity index (χ1v) is 9.89. The van der Waals surface area contributed by atoms with Crippen LogP contribution in [-0.2, 0) is 11.3 Å². The van der Waals surface area contributed by atoms with Crippen molar-refractivity contribution in [3.05, 3.63) is 64.6 Å². The number of aromatic nitrogens is 3. The Morgan fingerprint density at radius 1 is 1.20 bits per heavy atom. The van der Waals surface area contributed by atoms with Gasteiger partial charge >= 0.3 is 0 Å². The third-order valence-corrected chi connectivity index (χ3v) is 4.93. The van der Waals surface area contributed by atoms with Gasteiger partial charge in [-0.2, -0.15) is 4.98 Å². The Bertz CT molecular complexity index is 1080. The lowest BCUT2D eigenvalue weighted by Gasteiger charge is -2.25. The van der Waals surface area contributed by atoms with Crippen LogP contribution in [0.4, 0.5) is 5.95 Å². The summed E-state index contributed by atoms with van der Waals surface area (Å²) in [5, 5.41) is 15.6. The molecule has 0 saturated heterocycles. The van der Waals surface area contributed by atoms with E-state index in [0.29, 0.717) is 17.0 Å². The molecule has 1 amide bonds. The molecule has 2 heterocycles. The van der Waals surface area contributed by atoms with Crippen molar-refractivity contribution in [1.29, 1.82) is 0 Å². The van der Waals surface area contributed by atoms with Crippen molar-refractivity contribution in [3.8, 4) is 0 Å². The quantitative estimate of drug-likeness (QED) is 0.526. The molecule has 3 rings (SSSR count). The van der Waals surface area contributed by atoms with Gasteiger partial charge in [0.15, 0.2) is 0 Å². The predicted octanol–water partition coefficient (Wildman–Crippen LogP) is 2.10. The average Bonchev–Trinajstić information content (AvgIpc) is 2.74. The Morgan fingerprint density at radius 3 is 2.63 bits per heavy atom. The first-order chi connectivity index (χ1) is 14.3. The van der Waals surface area contributed by atoms with Crippen molar-refractivity contribution in [2.75, 3.05) is 18.5 Å². The lowest BCUT2D eigenvalue weighted by molar-refractivity contribution is -0.130. The highest BCUT2D eigenvalue weighted by atomic mass is 16.3. The van der Waals surface area contributed by atoms with E-state index in [9.17, 15) is 9.59 Å². The van der Waals surface area contributed by atoms with E-state index in [1.165, 1.54) is 10.6 Å². The van der Waals surface area contributed by atoms with Gasteiger partial charge in [0.25, 0.3) is 5.56 Å². The second kappa shape index (κ2) is 9.04. The topological polar surface area (TPSA) is 109 Å². The molecule has 0 radical (unpaired) electrons. The highest BCUT2D eigenvalue weighted by Crippen LogP contribution is 2.22. The molecule has 3 N–H and O–H groups in total. The van der Waals surface area contributed by atoms with Crippen LogP contribution in [0.25, 0.3) is 11.0 Å². The molecule has 0 aliphatic rings. The summed E-state index contributed by atoms with van der Waals surface area (Å²) in [5.74, 6) is 0.159. The van der Waals surface area contributed by atoms with E-state index in [1.54, 1.807) is 26.1 Å². The molecule has 3 aromatic rings. The fraction of sp³-hybridized carbons (Fsp3) is 0.364. The molecule has 1 aromatic carbocycles. The van der Waals surface area contributed by atoms with E-state index in [-0.39, 0.29) is 37.2 Å². The Labute approximate surface area is 175 Å². The van der Waals surface area contributed by atoms with E-state index >= 15 is 0 Å². The zero-order valence-corrected chi connectivity index (χ0v) is 17.4. The van der Waals surface area contributed by atoms with E-state index in [1.807, 2.05) is 37.3 Å². The molecule has 30 heavy (non-hydrogen) atoms. The normalized spacial score (nSPS) is 12.5. The lowest BCUT2D eigenvalue weighted by Crippen LogP contribution is -2.42. The smallest absolute Gasteiger partial charge is 0.252 e. The number of aliphatic hydroxyl groups excluding tert-OH is 1. The van der Waals surface area contributed by atoms with Crippen molar-refractivity contribution in [1.82, 2.24) is 19.9 Å². The SMILES string of the molecule is CC(Nc1ncc2ccc(=O)n(CC(C)(C)C(=O)NCCO)c2n1)c1ccccc1. The van der Waals surface area contributed by atoms with Crippen LogP contribution in [0, 0.1) is 5.41 Å². The van der Waals surface area contributed by atoms with Gasteiger partial charge in [-0.15, -0.1) is 0 Å². The van der Waals surface area contributed by atoms with Crippen LogP contribution in [0.1, 0.15) is 32.4 Å². The lowest BCUT2D eigenvalue weighted by atomic mass is 9.92. The zero-order valence-electron chi connectivity index (χ0n) is 17.4. The van der Waals surface area contributed by atoms with E-state index in [4.69, 9.17) is 5.11 Å². The van der Waals surface area contributed by atoms with Crippen molar-refractivity contribution >= 4 is 22.9 Å². The second-order valence-corrected chi connectivity index (χ2v) is 7.87. The number of aliphatic hydroxyl groups is 1. The van der Waals surface area contributed by atoms with Gasteiger partial charge < -0.3 is 15.7 Å². The largest absolute Gasteiger partial charge is 0.395 e. The monoisotopic (exact) mass is 409 g/mol. The van der Waals surface area contributed by atoms with E-state index in [2.05, 4.69) is 20.6 Å². The standard InChI is InChI=1S/C22H27N5O3/c1-15(16-7-5-4-6-8-16)25-21-24-13-17-9-10-18(29)27(19(17)26-21)14-22(2,3)20(30)23-11-12-28/h4-10,13,15,28H,11-12,14H2,1-3H3,(H,23,30)(H,24,25,26). The number of fused-ring (bicyclic) bond motifs is 1. The van der Waals surface area contributed by atoms with Gasteiger partial charge in [0.2, 0.25) is 11.9 Å². The van der Waals surface area contributed by atoms with Gasteiger partial charge in [0.1, 0.15) is 5.65 Å². The summed E-state index contributed by atoms with van der Waals surface area (Å²) >= 11 is 0. The van der Waals surface area contributed by atoms with Gasteiger partial charge in [0, 0.05) is 30.7 Å². The molecule has 1 atom stereocenters. The Kier molecular flexibility index (Phi) is 6.47. The van der Waals surface area contributed by atoms with Gasteiger partial charge in [-0.3, -0.25) is 14.2 Å². The number of carbonyl (C=O) groups is 1. The maximum absolute atomic E-state index is 12.6. The Morgan fingerprint density at radius 2 is 1.93 bits per heavy atom. The van der Waals surface area contributed by atoms with Crippen LogP contribution < -0.4 is 16.2 Å². The summed E-state index contributed by atoms with van der Waals surface area (Å²) in [5.41, 5.74) is 0.436. The minimum Gasteiger partial charge on any atom is -0.395 e. The molecule has 0 aliphatic heterocycles. The predicted molar refractivity (Wildman–Crippen MR) is 116 cm³/mol. The summed E-state index contributed by atoms with van der Waals surface area (Å²) < 4.78 is 1.49. The van der Waals surface area contributed by atoms with Gasteiger partial charge in [-0.05, 0) is 32.4 Å². The van der Waals surface area contributed by atoms with Crippen molar-refractivity contribution in [2.24, 2.45) is 5.41 Å². The molecule has 8 heteroatoms. The van der Waals surface area contributed by atoms with Crippen LogP contribution in [0.15, 0.2) is 53.5 Å². The second-order valence-electron chi connectivity index (χ2n) is 7.87. The third kappa shape index (κ3) is 4.83. The highest BCUT2D eigenvalue weighted by Gasteiger charge is 2.29. The third-order valence-electron chi connectivity index (χ3n) is 4.93. The summed E-state index contributed by atoms with van der Waals surface area (Å²) in [4.78, 5) is 34.0. The molecular weight excluding hydrogens is 382 g/mol. The van der Waals surface area contributed by atoms with Crippen molar-refractivity contribution < 1.29 is 9.90 Å². The van der Waals surface area contributed by atoms with Crippen LogP contribution in [0.2, 0.25) is 0 Å². The van der Waals surface area contributed by atoms with E-state index < -0.39 is 5.41 Å². The van der Waals surface area contributed by atoms with Crippen LogP contribution in [-0.4, -0.2) is 38.7 Å². The number of amides is 1. The summed E-state index contributed by atoms with van der Waals surface area (Å²) in [7, 11) is 0. The molecular formula is C22H27N5O3. The van der Waals surface area contributed by atoms with Crippen LogP contribution in [0.3, 0.4) is 0 Å². The molecule has 0 fully saturated rings. The molecule has 2 aromatic heterocycles. The highest BCUT2D eigenvalue weighted by molar-refractivity contribution is 5.82. The van der Waals surface area contributed by atoms with Gasteiger partial charge in [-0.1, -0.05) is 30.3 Å². The number of anilines is 1. The molecule has 158 valence electrons. The number of nitrogens with one attached hydrogen (secondary N) is 2. The fourth-order valence-electron chi connectivity index (χ4n) is 3.19. The van der Waals surface area contributed by atoms with Crippen molar-refractivity contribution in [2.45, 2.75) is 33.4 Å². The summed E-state index contributed by atoms with van der Waals surface area (Å²) in [6.07, 6.45) is 1.66. The summed E-state index contributed by atoms with van der Waals surface area (Å²) in [6.45, 7) is 5.69. The molecule has 0 spiro atoms. The maximum atomic E-state index is 12.6. The first kappa shape index (κ1) is 21.4. The molecule has 0 aliphatic carbocycles. The number of carbonyl (C=O) groups excluding carboxylic acids is 1. The number of hydrogen-bond acceptors (Lipinski definition) is 6. The van der Waals surface area contributed by atoms with Gasteiger partial charge in [-0.25, -0.2) is 4.98 Å². The summed E-state index contributed by atoms with van der Waals surface area (Å²) in [6, 6.07) is 13.0. The molecule has 1 unspecified atom stereocenters.